The van der Waals surface area contributed by atoms with Crippen molar-refractivity contribution in [3.05, 3.63) is 146 Å². The topological polar surface area (TPSA) is 78.9 Å². The van der Waals surface area contributed by atoms with Crippen molar-refractivity contribution in [1.82, 2.24) is 0 Å². The zero-order chi connectivity index (χ0) is 53.6. The summed E-state index contributed by atoms with van der Waals surface area (Å²) < 4.78 is 16.7. The van der Waals surface area contributed by atoms with Crippen molar-refractivity contribution in [1.29, 1.82) is 0 Å². The Kier molecular flexibility index (Phi) is 57.0. The molecule has 0 aromatic heterocycles. The molecule has 416 valence electrons. The standard InChI is InChI=1S/C68H108O6/c1-4-7-10-13-15-17-19-21-23-25-26-27-28-29-30-31-32-33-34-35-36-37-38-39-40-41-42-43-45-46-48-50-52-55-58-61-67(70)73-64-65(63-72-66(69)60-57-54-12-9-6-3)74-68(71)62-59-56-53-51-49-47-44-24-22-20-18-16-14-11-8-5-2/h7,10,15,17-18,20-21,23-24,26-27,29-30,32-33,35-36,38-39,41-42,44-46,65H,4-6,8-9,11-14,16,19,22,25,28,31,34,37,40,43,47-64H2,1-3H3/b10-7-,17-15-,20-18-,23-21-,27-26-,30-29-,33-32-,36-35-,39-38-,42-41-,44-24-,46-45-. The van der Waals surface area contributed by atoms with Gasteiger partial charge in [0.25, 0.3) is 0 Å². The number of esters is 3. The van der Waals surface area contributed by atoms with Crippen molar-refractivity contribution in [2.45, 2.75) is 252 Å². The first kappa shape index (κ1) is 69.3. The molecule has 0 aromatic carbocycles. The predicted octanol–water partition coefficient (Wildman–Crippen LogP) is 20.4. The molecular weight excluding hydrogens is 913 g/mol. The van der Waals surface area contributed by atoms with E-state index in [9.17, 15) is 14.4 Å². The highest BCUT2D eigenvalue weighted by Gasteiger charge is 2.19. The van der Waals surface area contributed by atoms with Gasteiger partial charge >= 0.3 is 17.9 Å². The summed E-state index contributed by atoms with van der Waals surface area (Å²) in [6.45, 7) is 6.37. The number of allylic oxidation sites excluding steroid dienone is 24. The highest BCUT2D eigenvalue weighted by Crippen LogP contribution is 2.13. The lowest BCUT2D eigenvalue weighted by Crippen LogP contribution is -2.30. The first-order valence-corrected chi connectivity index (χ1v) is 29.8. The number of carbonyl (C=O) groups excluding carboxylic acids is 3. The highest BCUT2D eigenvalue weighted by atomic mass is 16.6. The Labute approximate surface area is 455 Å². The van der Waals surface area contributed by atoms with Crippen molar-refractivity contribution < 1.29 is 28.6 Å². The average molecular weight is 1020 g/mol. The van der Waals surface area contributed by atoms with Crippen LogP contribution in [0.5, 0.6) is 0 Å². The highest BCUT2D eigenvalue weighted by molar-refractivity contribution is 5.71. The second-order valence-electron chi connectivity index (χ2n) is 19.2. The SMILES string of the molecule is CC/C=C\C/C=C\C/C=C\C/C=C\C/C=C\C/C=C\C/C=C\C/C=C\C/C=C\C/C=C\CCCCCCC(=O)OCC(COC(=O)CCCCCCC)OC(=O)CCCCCCC/C=C\C/C=C\CCCCCC. The van der Waals surface area contributed by atoms with E-state index < -0.39 is 6.10 Å². The second-order valence-corrected chi connectivity index (χ2v) is 19.2. The van der Waals surface area contributed by atoms with Gasteiger partial charge in [0.15, 0.2) is 6.10 Å². The molecule has 0 aliphatic heterocycles. The first-order chi connectivity index (χ1) is 36.5. The molecule has 0 bridgehead atoms. The zero-order valence-electron chi connectivity index (χ0n) is 47.5. The maximum absolute atomic E-state index is 12.8. The Morgan fingerprint density at radius 2 is 0.527 bits per heavy atom. The van der Waals surface area contributed by atoms with Crippen LogP contribution in [-0.2, 0) is 28.6 Å². The van der Waals surface area contributed by atoms with Crippen molar-refractivity contribution in [3.63, 3.8) is 0 Å². The van der Waals surface area contributed by atoms with Crippen LogP contribution < -0.4 is 0 Å². The van der Waals surface area contributed by atoms with Crippen LogP contribution in [0.15, 0.2) is 146 Å². The predicted molar refractivity (Wildman–Crippen MR) is 320 cm³/mol. The van der Waals surface area contributed by atoms with Crippen LogP contribution in [0.25, 0.3) is 0 Å². The van der Waals surface area contributed by atoms with Crippen molar-refractivity contribution in [3.8, 4) is 0 Å². The Bertz CT molecular complexity index is 1640. The van der Waals surface area contributed by atoms with Crippen LogP contribution in [0.4, 0.5) is 0 Å². The first-order valence-electron chi connectivity index (χ1n) is 29.8. The van der Waals surface area contributed by atoms with Crippen LogP contribution in [0.1, 0.15) is 245 Å². The summed E-state index contributed by atoms with van der Waals surface area (Å²) in [5.74, 6) is -0.957. The number of hydrogen-bond acceptors (Lipinski definition) is 6. The monoisotopic (exact) mass is 1020 g/mol. The molecule has 6 nitrogen and oxygen atoms in total. The minimum absolute atomic E-state index is 0.0967. The molecule has 74 heavy (non-hydrogen) atoms. The molecule has 0 rings (SSSR count). The van der Waals surface area contributed by atoms with Crippen LogP contribution in [0.2, 0.25) is 0 Å². The van der Waals surface area contributed by atoms with Gasteiger partial charge in [-0.05, 0) is 128 Å². The van der Waals surface area contributed by atoms with E-state index >= 15 is 0 Å². The lowest BCUT2D eigenvalue weighted by atomic mass is 10.1. The van der Waals surface area contributed by atoms with Gasteiger partial charge in [0.2, 0.25) is 0 Å². The maximum Gasteiger partial charge on any atom is 0.306 e. The summed E-state index contributed by atoms with van der Waals surface area (Å²) in [5, 5.41) is 0. The fourth-order valence-corrected chi connectivity index (χ4v) is 7.62. The summed E-state index contributed by atoms with van der Waals surface area (Å²) in [6.07, 6.45) is 87.5. The molecular formula is C68H108O6. The third-order valence-corrected chi connectivity index (χ3v) is 12.1. The molecule has 0 radical (unpaired) electrons. The van der Waals surface area contributed by atoms with Gasteiger partial charge < -0.3 is 14.2 Å². The Hall–Kier alpha value is -4.71. The van der Waals surface area contributed by atoms with E-state index in [2.05, 4.69) is 167 Å². The fourth-order valence-electron chi connectivity index (χ4n) is 7.62. The number of carbonyl (C=O) groups is 3. The molecule has 0 aliphatic carbocycles. The van der Waals surface area contributed by atoms with E-state index in [0.717, 1.165) is 173 Å². The van der Waals surface area contributed by atoms with Gasteiger partial charge in [0, 0.05) is 19.3 Å². The lowest BCUT2D eigenvalue weighted by molar-refractivity contribution is -0.167. The summed E-state index contributed by atoms with van der Waals surface area (Å²) in [6, 6.07) is 0. The summed E-state index contributed by atoms with van der Waals surface area (Å²) in [4.78, 5) is 37.8. The Morgan fingerprint density at radius 1 is 0.284 bits per heavy atom. The Balaban J connectivity index is 4.16. The largest absolute Gasteiger partial charge is 0.462 e. The molecule has 0 amide bonds. The van der Waals surface area contributed by atoms with E-state index in [1.807, 2.05) is 0 Å². The molecule has 1 unspecified atom stereocenters. The van der Waals surface area contributed by atoms with E-state index in [4.69, 9.17) is 14.2 Å². The molecule has 0 aromatic rings. The number of hydrogen-bond donors (Lipinski definition) is 0. The van der Waals surface area contributed by atoms with E-state index in [0.29, 0.717) is 19.3 Å². The van der Waals surface area contributed by atoms with Gasteiger partial charge in [0.05, 0.1) is 0 Å². The third-order valence-electron chi connectivity index (χ3n) is 12.1. The number of ether oxygens (including phenoxy) is 3. The smallest absolute Gasteiger partial charge is 0.306 e. The quantitative estimate of drug-likeness (QED) is 0.0261. The van der Waals surface area contributed by atoms with Crippen LogP contribution in [0, 0.1) is 0 Å². The van der Waals surface area contributed by atoms with Crippen LogP contribution in [0.3, 0.4) is 0 Å². The van der Waals surface area contributed by atoms with Crippen LogP contribution in [-0.4, -0.2) is 37.2 Å². The minimum atomic E-state index is -0.797. The normalized spacial score (nSPS) is 13.2. The second kappa shape index (κ2) is 60.8. The minimum Gasteiger partial charge on any atom is -0.462 e. The maximum atomic E-state index is 12.8. The van der Waals surface area contributed by atoms with Crippen LogP contribution >= 0.6 is 0 Å². The number of rotatable bonds is 52. The molecule has 0 fully saturated rings. The van der Waals surface area contributed by atoms with Gasteiger partial charge in [-0.25, -0.2) is 0 Å². The average Bonchev–Trinajstić information content (AvgIpc) is 3.40. The molecule has 0 saturated carbocycles. The molecule has 1 atom stereocenters. The van der Waals surface area contributed by atoms with Gasteiger partial charge in [-0.1, -0.05) is 244 Å². The van der Waals surface area contributed by atoms with Gasteiger partial charge in [-0.2, -0.15) is 0 Å². The van der Waals surface area contributed by atoms with Crippen molar-refractivity contribution in [2.24, 2.45) is 0 Å². The molecule has 0 heterocycles. The molecule has 0 N–H and O–H groups in total. The van der Waals surface area contributed by atoms with E-state index in [1.54, 1.807) is 0 Å². The summed E-state index contributed by atoms with van der Waals surface area (Å²) >= 11 is 0. The summed E-state index contributed by atoms with van der Waals surface area (Å²) in [5.41, 5.74) is 0. The Morgan fingerprint density at radius 3 is 0.838 bits per heavy atom. The zero-order valence-corrected chi connectivity index (χ0v) is 47.5. The summed E-state index contributed by atoms with van der Waals surface area (Å²) in [7, 11) is 0. The third kappa shape index (κ3) is 58.2. The fraction of sp³-hybridized carbons (Fsp3) is 0.603. The molecule has 0 aliphatic rings. The molecule has 0 saturated heterocycles. The number of unbranched alkanes of at least 4 members (excludes halogenated alkanes) is 17. The lowest BCUT2D eigenvalue weighted by Gasteiger charge is -2.18. The molecule has 0 spiro atoms. The van der Waals surface area contributed by atoms with Gasteiger partial charge in [-0.15, -0.1) is 0 Å². The van der Waals surface area contributed by atoms with Crippen molar-refractivity contribution in [2.75, 3.05) is 13.2 Å². The van der Waals surface area contributed by atoms with Crippen molar-refractivity contribution >= 4 is 17.9 Å². The van der Waals surface area contributed by atoms with Gasteiger partial charge in [-0.3, -0.25) is 14.4 Å². The molecule has 6 heteroatoms. The van der Waals surface area contributed by atoms with E-state index in [-0.39, 0.29) is 31.1 Å². The van der Waals surface area contributed by atoms with Gasteiger partial charge in [0.1, 0.15) is 13.2 Å². The van der Waals surface area contributed by atoms with E-state index in [1.165, 1.54) is 32.1 Å².